The second-order valence-electron chi connectivity index (χ2n) is 5.30. The van der Waals surface area contributed by atoms with Crippen LogP contribution in [0.1, 0.15) is 30.3 Å². The van der Waals surface area contributed by atoms with E-state index in [0.717, 1.165) is 43.4 Å². The monoisotopic (exact) mass is 272 g/mol. The fourth-order valence-electron chi connectivity index (χ4n) is 2.78. The van der Waals surface area contributed by atoms with Crippen molar-refractivity contribution in [1.82, 2.24) is 20.4 Å². The van der Waals surface area contributed by atoms with Crippen LogP contribution in [-0.2, 0) is 0 Å². The predicted octanol–water partition coefficient (Wildman–Crippen LogP) is 1.78. The third-order valence-electron chi connectivity index (χ3n) is 4.06. The molecule has 1 aliphatic heterocycles. The van der Waals surface area contributed by atoms with Gasteiger partial charge in [0.1, 0.15) is 0 Å². The van der Waals surface area contributed by atoms with E-state index < -0.39 is 0 Å². The molecule has 5 heteroatoms. The number of fused-ring (bicyclic) bond motifs is 1. The molecule has 20 heavy (non-hydrogen) atoms. The largest absolute Gasteiger partial charge is 0.348 e. The fraction of sp³-hybridized carbons (Fsp3) is 0.467. The Labute approximate surface area is 118 Å². The topological polar surface area (TPSA) is 61.0 Å². The number of para-hydroxylation sites is 1. The number of nitrogens with zero attached hydrogens (tertiary/aromatic N) is 2. The minimum Gasteiger partial charge on any atom is -0.348 e. The molecule has 0 saturated carbocycles. The Kier molecular flexibility index (Phi) is 3.69. The number of amides is 1. The Morgan fingerprint density at radius 2 is 2.15 bits per heavy atom. The number of nitrogens with one attached hydrogen (secondary N) is 2. The lowest BCUT2D eigenvalue weighted by atomic mass is 10.0. The summed E-state index contributed by atoms with van der Waals surface area (Å²) in [4.78, 5) is 14.7. The van der Waals surface area contributed by atoms with Crippen molar-refractivity contribution in [2.45, 2.75) is 25.8 Å². The van der Waals surface area contributed by atoms with Crippen LogP contribution in [0.5, 0.6) is 0 Å². The van der Waals surface area contributed by atoms with Crippen LogP contribution >= 0.6 is 0 Å². The number of H-pyrrole nitrogens is 1. The van der Waals surface area contributed by atoms with Crippen LogP contribution < -0.4 is 5.32 Å². The summed E-state index contributed by atoms with van der Waals surface area (Å²) in [6.45, 7) is 5.38. The molecule has 3 rings (SSSR count). The molecule has 1 saturated heterocycles. The number of hydrogen-bond donors (Lipinski definition) is 2. The molecule has 0 spiro atoms. The van der Waals surface area contributed by atoms with E-state index in [1.165, 1.54) is 0 Å². The standard InChI is InChI=1S/C15H20N4O/c1-2-19-9-7-11(8-10-19)16-15(20)14-12-5-3-4-6-13(12)17-18-14/h3-6,11H,2,7-10H2,1H3,(H,16,20)(H,17,18). The molecule has 0 bridgehead atoms. The zero-order valence-electron chi connectivity index (χ0n) is 11.7. The van der Waals surface area contributed by atoms with E-state index in [1.54, 1.807) is 0 Å². The lowest BCUT2D eigenvalue weighted by molar-refractivity contribution is 0.0909. The summed E-state index contributed by atoms with van der Waals surface area (Å²) in [5, 5.41) is 11.0. The van der Waals surface area contributed by atoms with Gasteiger partial charge in [-0.15, -0.1) is 0 Å². The maximum absolute atomic E-state index is 12.3. The Hall–Kier alpha value is -1.88. The van der Waals surface area contributed by atoms with Crippen LogP contribution in [0.2, 0.25) is 0 Å². The molecule has 2 heterocycles. The Morgan fingerprint density at radius 3 is 2.90 bits per heavy atom. The van der Waals surface area contributed by atoms with Crippen LogP contribution in [0.15, 0.2) is 24.3 Å². The van der Waals surface area contributed by atoms with Crippen molar-refractivity contribution in [3.05, 3.63) is 30.0 Å². The van der Waals surface area contributed by atoms with Gasteiger partial charge in [-0.05, 0) is 25.5 Å². The van der Waals surface area contributed by atoms with Crippen LogP contribution in [0.3, 0.4) is 0 Å². The van der Waals surface area contributed by atoms with Gasteiger partial charge in [0.15, 0.2) is 5.69 Å². The number of likely N-dealkylation sites (tertiary alicyclic amines) is 1. The van der Waals surface area contributed by atoms with Crippen molar-refractivity contribution < 1.29 is 4.79 Å². The SMILES string of the molecule is CCN1CCC(NC(=O)c2n[nH]c3ccccc23)CC1. The van der Waals surface area contributed by atoms with Gasteiger partial charge in [0.25, 0.3) is 5.91 Å². The highest BCUT2D eigenvalue weighted by Gasteiger charge is 2.22. The lowest BCUT2D eigenvalue weighted by Crippen LogP contribution is -2.44. The van der Waals surface area contributed by atoms with E-state index in [9.17, 15) is 4.79 Å². The molecule has 0 radical (unpaired) electrons. The number of carbonyl (C=O) groups is 1. The van der Waals surface area contributed by atoms with Gasteiger partial charge < -0.3 is 10.2 Å². The summed E-state index contributed by atoms with van der Waals surface area (Å²) in [5.41, 5.74) is 1.40. The van der Waals surface area contributed by atoms with Gasteiger partial charge in [-0.25, -0.2) is 0 Å². The summed E-state index contributed by atoms with van der Waals surface area (Å²) < 4.78 is 0. The Bertz CT molecular complexity index is 599. The smallest absolute Gasteiger partial charge is 0.272 e. The molecule has 2 aromatic rings. The summed E-state index contributed by atoms with van der Waals surface area (Å²) in [6, 6.07) is 7.98. The summed E-state index contributed by atoms with van der Waals surface area (Å²) in [6.07, 6.45) is 2.03. The molecular formula is C15H20N4O. The average Bonchev–Trinajstić information content (AvgIpc) is 2.92. The maximum atomic E-state index is 12.3. The maximum Gasteiger partial charge on any atom is 0.272 e. The molecule has 0 atom stereocenters. The van der Waals surface area contributed by atoms with Gasteiger partial charge in [0.2, 0.25) is 0 Å². The van der Waals surface area contributed by atoms with Crippen molar-refractivity contribution in [2.75, 3.05) is 19.6 Å². The van der Waals surface area contributed by atoms with Crippen LogP contribution in [0, 0.1) is 0 Å². The normalized spacial score (nSPS) is 17.4. The highest BCUT2D eigenvalue weighted by atomic mass is 16.2. The number of aromatic amines is 1. The first-order chi connectivity index (χ1) is 9.78. The lowest BCUT2D eigenvalue weighted by Gasteiger charge is -2.31. The van der Waals surface area contributed by atoms with Crippen molar-refractivity contribution >= 4 is 16.8 Å². The van der Waals surface area contributed by atoms with Crippen molar-refractivity contribution in [1.29, 1.82) is 0 Å². The third kappa shape index (κ3) is 2.54. The quantitative estimate of drug-likeness (QED) is 0.895. The van der Waals surface area contributed by atoms with E-state index in [2.05, 4.69) is 27.3 Å². The number of piperidine rings is 1. The summed E-state index contributed by atoms with van der Waals surface area (Å²) in [5.74, 6) is -0.0719. The van der Waals surface area contributed by atoms with Crippen LogP contribution in [0.4, 0.5) is 0 Å². The zero-order chi connectivity index (χ0) is 13.9. The van der Waals surface area contributed by atoms with E-state index >= 15 is 0 Å². The summed E-state index contributed by atoms with van der Waals surface area (Å²) >= 11 is 0. The molecule has 1 aromatic heterocycles. The molecule has 2 N–H and O–H groups in total. The molecule has 0 unspecified atom stereocenters. The van der Waals surface area contributed by atoms with Crippen molar-refractivity contribution in [2.24, 2.45) is 0 Å². The van der Waals surface area contributed by atoms with Gasteiger partial charge in [-0.2, -0.15) is 5.10 Å². The molecule has 5 nitrogen and oxygen atoms in total. The molecule has 1 fully saturated rings. The molecular weight excluding hydrogens is 252 g/mol. The van der Waals surface area contributed by atoms with E-state index in [-0.39, 0.29) is 11.9 Å². The Balaban J connectivity index is 1.68. The van der Waals surface area contributed by atoms with E-state index in [4.69, 9.17) is 0 Å². The minimum atomic E-state index is -0.0719. The van der Waals surface area contributed by atoms with Gasteiger partial charge in [0, 0.05) is 24.5 Å². The van der Waals surface area contributed by atoms with E-state index in [1.807, 2.05) is 24.3 Å². The highest BCUT2D eigenvalue weighted by molar-refractivity contribution is 6.04. The molecule has 1 aromatic carbocycles. The second-order valence-corrected chi connectivity index (χ2v) is 5.30. The van der Waals surface area contributed by atoms with Crippen LogP contribution in [0.25, 0.3) is 10.9 Å². The number of carbonyl (C=O) groups excluding carboxylic acids is 1. The van der Waals surface area contributed by atoms with Crippen molar-refractivity contribution in [3.8, 4) is 0 Å². The Morgan fingerprint density at radius 1 is 1.40 bits per heavy atom. The average molecular weight is 272 g/mol. The third-order valence-corrected chi connectivity index (χ3v) is 4.06. The molecule has 106 valence electrons. The number of benzene rings is 1. The van der Waals surface area contributed by atoms with Gasteiger partial charge >= 0.3 is 0 Å². The number of aromatic nitrogens is 2. The molecule has 1 aliphatic rings. The summed E-state index contributed by atoms with van der Waals surface area (Å²) in [7, 11) is 0. The fourth-order valence-corrected chi connectivity index (χ4v) is 2.78. The number of hydrogen-bond acceptors (Lipinski definition) is 3. The van der Waals surface area contributed by atoms with Gasteiger partial charge in [-0.1, -0.05) is 25.1 Å². The van der Waals surface area contributed by atoms with Gasteiger partial charge in [0.05, 0.1) is 5.52 Å². The molecule has 0 aliphatic carbocycles. The highest BCUT2D eigenvalue weighted by Crippen LogP contribution is 2.16. The first-order valence-corrected chi connectivity index (χ1v) is 7.24. The van der Waals surface area contributed by atoms with Crippen molar-refractivity contribution in [3.63, 3.8) is 0 Å². The zero-order valence-corrected chi connectivity index (χ0v) is 11.7. The van der Waals surface area contributed by atoms with Gasteiger partial charge in [-0.3, -0.25) is 9.89 Å². The first kappa shape index (κ1) is 13.1. The van der Waals surface area contributed by atoms with Crippen LogP contribution in [-0.4, -0.2) is 46.7 Å². The minimum absolute atomic E-state index is 0.0719. The number of rotatable bonds is 3. The first-order valence-electron chi connectivity index (χ1n) is 7.24. The second kappa shape index (κ2) is 5.63. The van der Waals surface area contributed by atoms with E-state index in [0.29, 0.717) is 5.69 Å². The molecule has 1 amide bonds. The predicted molar refractivity (Wildman–Crippen MR) is 78.7 cm³/mol.